The van der Waals surface area contributed by atoms with Crippen molar-refractivity contribution in [1.29, 1.82) is 0 Å². The fourth-order valence-electron chi connectivity index (χ4n) is 0. The number of aliphatic hydroxyl groups is 1. The molecule has 0 aliphatic heterocycles. The second-order valence-corrected chi connectivity index (χ2v) is 0.316. The van der Waals surface area contributed by atoms with Gasteiger partial charge in [-0.1, -0.05) is 0 Å². The first kappa shape index (κ1) is 18.0. The second-order valence-electron chi connectivity index (χ2n) is 0.316. The van der Waals surface area contributed by atoms with Crippen LogP contribution in [0, 0.1) is 0 Å². The molecule has 37 valence electrons. The predicted octanol–water partition coefficient (Wildman–Crippen LogP) is -0.123. The third-order valence-corrected chi connectivity index (χ3v) is 0. The molecular weight excluding hydrogens is 120 g/mol. The van der Waals surface area contributed by atoms with Crippen LogP contribution in [0.5, 0.6) is 0 Å². The minimum atomic E-state index is 0. The van der Waals surface area contributed by atoms with Gasteiger partial charge in [-0.05, 0) is 6.92 Å². The van der Waals surface area contributed by atoms with Gasteiger partial charge in [0.25, 0.3) is 0 Å². The summed E-state index contributed by atoms with van der Waals surface area (Å²) >= 11 is 0. The minimum absolute atomic E-state index is 0. The molecule has 0 fully saturated rings. The Hall–Kier alpha value is 0.439. The number of aliphatic hydroxyl groups excluding tert-OH is 1. The molecule has 1 radical (unpaired) electrons. The van der Waals surface area contributed by atoms with Crippen molar-refractivity contribution in [3.05, 3.63) is 0 Å². The molecule has 0 unspecified atom stereocenters. The molecule has 2 nitrogen and oxygen atoms in total. The van der Waals surface area contributed by atoms with Crippen molar-refractivity contribution in [3.63, 3.8) is 0 Å². The molecule has 0 aromatic heterocycles. The van der Waals surface area contributed by atoms with Crippen LogP contribution in [0.2, 0.25) is 0 Å². The summed E-state index contributed by atoms with van der Waals surface area (Å²) in [6.45, 7) is 1.93. The third kappa shape index (κ3) is 137. The van der Waals surface area contributed by atoms with E-state index in [0.29, 0.717) is 0 Å². The molecule has 0 amide bonds. The van der Waals surface area contributed by atoms with E-state index in [1.807, 2.05) is 0 Å². The van der Waals surface area contributed by atoms with Gasteiger partial charge in [0.05, 0.1) is 0 Å². The van der Waals surface area contributed by atoms with Gasteiger partial charge in [-0.3, -0.25) is 0 Å². The Kier molecular flexibility index (Phi) is 91.3. The van der Waals surface area contributed by atoms with Crippen LogP contribution in [0.4, 0.5) is 0 Å². The Balaban J connectivity index is -0.0000000200. The largest absolute Gasteiger partial charge is 2.00 e. The SMILES string of the molecule is CCO.[Cu+2].[O-2]. The molecule has 0 aromatic carbocycles. The van der Waals surface area contributed by atoms with Crippen molar-refractivity contribution in [3.8, 4) is 0 Å². The summed E-state index contributed by atoms with van der Waals surface area (Å²) in [5, 5.41) is 7.57. The van der Waals surface area contributed by atoms with E-state index in [4.69, 9.17) is 5.11 Å². The first-order valence-electron chi connectivity index (χ1n) is 1.02. The summed E-state index contributed by atoms with van der Waals surface area (Å²) in [5.41, 5.74) is 0. The molecule has 3 heteroatoms. The zero-order valence-electron chi connectivity index (χ0n) is 2.86. The average Bonchev–Trinajstić information content (AvgIpc) is 0.918. The average molecular weight is 126 g/mol. The topological polar surface area (TPSA) is 48.7 Å². The van der Waals surface area contributed by atoms with Crippen molar-refractivity contribution < 1.29 is 27.7 Å². The number of hydrogen-bond donors (Lipinski definition) is 1. The van der Waals surface area contributed by atoms with Crippen LogP contribution >= 0.6 is 0 Å². The maximum absolute atomic E-state index is 7.57. The van der Waals surface area contributed by atoms with Crippen LogP contribution in [0.1, 0.15) is 6.92 Å². The van der Waals surface area contributed by atoms with E-state index in [0.717, 1.165) is 0 Å². The molecule has 0 aliphatic rings. The normalized spacial score (nSPS) is 3.60. The minimum Gasteiger partial charge on any atom is -2.00 e. The monoisotopic (exact) mass is 125 g/mol. The van der Waals surface area contributed by atoms with Gasteiger partial charge in [-0.2, -0.15) is 0 Å². The van der Waals surface area contributed by atoms with Gasteiger partial charge in [0, 0.05) is 6.61 Å². The van der Waals surface area contributed by atoms with Crippen LogP contribution in [-0.2, 0) is 22.5 Å². The summed E-state index contributed by atoms with van der Waals surface area (Å²) < 4.78 is 0. The van der Waals surface area contributed by atoms with E-state index in [-0.39, 0.29) is 29.2 Å². The predicted molar refractivity (Wildman–Crippen MR) is 13.4 cm³/mol. The molecular formula is C2H6CuO2. The van der Waals surface area contributed by atoms with Crippen LogP contribution in [0.25, 0.3) is 0 Å². The molecule has 5 heavy (non-hydrogen) atoms. The van der Waals surface area contributed by atoms with Crippen molar-refractivity contribution in [2.75, 3.05) is 6.61 Å². The maximum Gasteiger partial charge on any atom is 2.00 e. The van der Waals surface area contributed by atoms with E-state index in [2.05, 4.69) is 0 Å². The Bertz CT molecular complexity index is 7.61. The first-order valence-corrected chi connectivity index (χ1v) is 1.02. The standard InChI is InChI=1S/C2H6O.Cu.O/c1-2-3;;/h3H,2H2,1H3;;/q;+2;-2. The molecule has 0 saturated heterocycles. The van der Waals surface area contributed by atoms with Crippen molar-refractivity contribution in [2.45, 2.75) is 6.92 Å². The van der Waals surface area contributed by atoms with Gasteiger partial charge in [0.1, 0.15) is 0 Å². The smallest absolute Gasteiger partial charge is 2.00 e. The van der Waals surface area contributed by atoms with Gasteiger partial charge in [-0.15, -0.1) is 0 Å². The first-order chi connectivity index (χ1) is 1.41. The van der Waals surface area contributed by atoms with E-state index in [9.17, 15) is 0 Å². The van der Waals surface area contributed by atoms with E-state index < -0.39 is 0 Å². The summed E-state index contributed by atoms with van der Waals surface area (Å²) in [6.07, 6.45) is 0. The van der Waals surface area contributed by atoms with Gasteiger partial charge >= 0.3 is 17.1 Å². The van der Waals surface area contributed by atoms with E-state index in [1.165, 1.54) is 0 Å². The molecule has 0 saturated carbocycles. The molecule has 0 atom stereocenters. The molecule has 0 bridgehead atoms. The quantitative estimate of drug-likeness (QED) is 0.451. The zero-order chi connectivity index (χ0) is 2.71. The van der Waals surface area contributed by atoms with Crippen LogP contribution in [0.15, 0.2) is 0 Å². The summed E-state index contributed by atoms with van der Waals surface area (Å²) in [4.78, 5) is 0. The van der Waals surface area contributed by atoms with Crippen molar-refractivity contribution in [2.24, 2.45) is 0 Å². The van der Waals surface area contributed by atoms with E-state index in [1.54, 1.807) is 6.92 Å². The van der Waals surface area contributed by atoms with Crippen molar-refractivity contribution >= 4 is 0 Å². The van der Waals surface area contributed by atoms with Crippen LogP contribution in [-0.4, -0.2) is 11.7 Å². The van der Waals surface area contributed by atoms with Gasteiger partial charge in [-0.25, -0.2) is 0 Å². The van der Waals surface area contributed by atoms with Crippen LogP contribution in [0.3, 0.4) is 0 Å². The van der Waals surface area contributed by atoms with Gasteiger partial charge in [0.2, 0.25) is 0 Å². The molecule has 0 spiro atoms. The second kappa shape index (κ2) is 25.3. The maximum atomic E-state index is 7.57. The van der Waals surface area contributed by atoms with Crippen molar-refractivity contribution in [1.82, 2.24) is 0 Å². The third-order valence-electron chi connectivity index (χ3n) is 0. The Morgan fingerprint density at radius 1 is 1.60 bits per heavy atom. The van der Waals surface area contributed by atoms with Gasteiger partial charge in [0.15, 0.2) is 0 Å². The summed E-state index contributed by atoms with van der Waals surface area (Å²) in [5.74, 6) is 0. The van der Waals surface area contributed by atoms with E-state index >= 15 is 0 Å². The molecule has 0 rings (SSSR count). The summed E-state index contributed by atoms with van der Waals surface area (Å²) in [7, 11) is 0. The summed E-state index contributed by atoms with van der Waals surface area (Å²) in [6, 6.07) is 0. The number of rotatable bonds is 0. The number of hydrogen-bond acceptors (Lipinski definition) is 1. The fraction of sp³-hybridized carbons (Fsp3) is 1.00. The molecule has 1 N–H and O–H groups in total. The fourth-order valence-corrected chi connectivity index (χ4v) is 0. The van der Waals surface area contributed by atoms with Crippen LogP contribution < -0.4 is 0 Å². The Morgan fingerprint density at radius 2 is 1.60 bits per heavy atom. The molecule has 0 heterocycles. The zero-order valence-corrected chi connectivity index (χ0v) is 3.81. The Labute approximate surface area is 42.0 Å². The molecule has 0 aromatic rings. The van der Waals surface area contributed by atoms with Gasteiger partial charge < -0.3 is 10.6 Å². The Morgan fingerprint density at radius 3 is 1.60 bits per heavy atom. The molecule has 0 aliphatic carbocycles.